The Balaban J connectivity index is 2.59. The normalized spacial score (nSPS) is 11.5. The van der Waals surface area contributed by atoms with Crippen molar-refractivity contribution in [3.8, 4) is 6.07 Å². The minimum Gasteiger partial charge on any atom is -0.368 e. The van der Waals surface area contributed by atoms with Crippen molar-refractivity contribution in [3.05, 3.63) is 35.4 Å². The topological polar surface area (TPSA) is 96.0 Å². The van der Waals surface area contributed by atoms with E-state index in [1.165, 1.54) is 6.07 Å². The molecule has 5 nitrogen and oxygen atoms in total. The summed E-state index contributed by atoms with van der Waals surface area (Å²) in [5, 5.41) is 10.8. The summed E-state index contributed by atoms with van der Waals surface area (Å²) in [6.07, 6.45) is 0.740. The molecule has 1 atom stereocenters. The lowest BCUT2D eigenvalue weighted by Crippen LogP contribution is -2.44. The average molecular weight is 295 g/mol. The van der Waals surface area contributed by atoms with Crippen LogP contribution in [0.1, 0.15) is 24.8 Å². The Morgan fingerprint density at radius 1 is 1.33 bits per heavy atom. The minimum atomic E-state index is -1.04. The first kappa shape index (κ1) is 16.6. The molecule has 1 aromatic rings. The largest absolute Gasteiger partial charge is 0.368 e. The minimum absolute atomic E-state index is 0.195. The summed E-state index contributed by atoms with van der Waals surface area (Å²) in [7, 11) is 0. The molecule has 0 radical (unpaired) electrons. The third-order valence-corrected chi connectivity index (χ3v) is 2.81. The molecule has 0 aliphatic rings. The molecule has 0 unspecified atom stereocenters. The zero-order valence-electron chi connectivity index (χ0n) is 11.2. The molecule has 0 saturated heterocycles. The molecule has 2 amide bonds. The third-order valence-electron chi connectivity index (χ3n) is 2.81. The van der Waals surface area contributed by atoms with Crippen LogP contribution in [0.25, 0.3) is 0 Å². The van der Waals surface area contributed by atoms with Gasteiger partial charge >= 0.3 is 0 Å². The Morgan fingerprint density at radius 2 is 2.05 bits per heavy atom. The maximum absolute atomic E-state index is 13.0. The zero-order chi connectivity index (χ0) is 15.8. The van der Waals surface area contributed by atoms with Crippen LogP contribution in [0, 0.1) is 23.0 Å². The van der Waals surface area contributed by atoms with Crippen molar-refractivity contribution in [1.82, 2.24) is 5.32 Å². The number of halogens is 2. The molecule has 112 valence electrons. The Morgan fingerprint density at radius 3 is 2.62 bits per heavy atom. The van der Waals surface area contributed by atoms with Crippen LogP contribution >= 0.6 is 0 Å². The van der Waals surface area contributed by atoms with E-state index in [9.17, 15) is 18.4 Å². The maximum atomic E-state index is 13.0. The number of unbranched alkanes of at least 4 members (excludes halogenated alkanes) is 1. The first-order chi connectivity index (χ1) is 9.93. The van der Waals surface area contributed by atoms with Gasteiger partial charge in [0, 0.05) is 6.42 Å². The van der Waals surface area contributed by atoms with Crippen molar-refractivity contribution in [2.75, 3.05) is 0 Å². The van der Waals surface area contributed by atoms with Crippen molar-refractivity contribution >= 4 is 11.8 Å². The van der Waals surface area contributed by atoms with Crippen LogP contribution in [0.3, 0.4) is 0 Å². The number of benzene rings is 1. The number of carbonyl (C=O) groups is 2. The van der Waals surface area contributed by atoms with Gasteiger partial charge in [0.05, 0.1) is 12.5 Å². The van der Waals surface area contributed by atoms with Crippen LogP contribution in [-0.2, 0) is 16.0 Å². The highest BCUT2D eigenvalue weighted by Gasteiger charge is 2.18. The number of rotatable bonds is 7. The molecule has 0 aliphatic heterocycles. The van der Waals surface area contributed by atoms with Crippen LogP contribution in [0.5, 0.6) is 0 Å². The number of carbonyl (C=O) groups excluding carboxylic acids is 2. The van der Waals surface area contributed by atoms with Gasteiger partial charge in [-0.3, -0.25) is 9.59 Å². The summed E-state index contributed by atoms with van der Waals surface area (Å²) >= 11 is 0. The van der Waals surface area contributed by atoms with Gasteiger partial charge in [0.1, 0.15) is 6.04 Å². The molecule has 0 saturated carbocycles. The number of primary amides is 1. The Labute approximate surface area is 120 Å². The molecule has 0 bridgehead atoms. The van der Waals surface area contributed by atoms with E-state index in [-0.39, 0.29) is 24.8 Å². The van der Waals surface area contributed by atoms with E-state index in [1.54, 1.807) is 0 Å². The second-order valence-electron chi connectivity index (χ2n) is 4.50. The lowest BCUT2D eigenvalue weighted by atomic mass is 10.1. The lowest BCUT2D eigenvalue weighted by Gasteiger charge is -2.14. The lowest BCUT2D eigenvalue weighted by molar-refractivity contribution is -0.127. The van der Waals surface area contributed by atoms with Crippen LogP contribution in [-0.4, -0.2) is 17.9 Å². The summed E-state index contributed by atoms with van der Waals surface area (Å²) in [6.45, 7) is 0. The fourth-order valence-corrected chi connectivity index (χ4v) is 1.75. The van der Waals surface area contributed by atoms with E-state index in [0.717, 1.165) is 12.1 Å². The highest BCUT2D eigenvalue weighted by molar-refractivity contribution is 5.87. The maximum Gasteiger partial charge on any atom is 0.240 e. The van der Waals surface area contributed by atoms with Gasteiger partial charge in [-0.05, 0) is 30.5 Å². The smallest absolute Gasteiger partial charge is 0.240 e. The van der Waals surface area contributed by atoms with Gasteiger partial charge in [-0.1, -0.05) is 6.07 Å². The van der Waals surface area contributed by atoms with Crippen molar-refractivity contribution in [2.24, 2.45) is 5.73 Å². The van der Waals surface area contributed by atoms with Crippen LogP contribution in [0.4, 0.5) is 8.78 Å². The number of hydrogen-bond acceptors (Lipinski definition) is 3. The van der Waals surface area contributed by atoms with E-state index in [0.29, 0.717) is 6.42 Å². The molecule has 0 aromatic heterocycles. The van der Waals surface area contributed by atoms with Crippen molar-refractivity contribution in [2.45, 2.75) is 31.7 Å². The standard InChI is InChI=1S/C14H15F2N3O2/c15-10-5-4-9(7-11(10)16)8-13(20)19-12(14(18)21)3-1-2-6-17/h4-5,7,12H,1-3,8H2,(H2,18,21)(H,19,20)/t12-/m0/s1. The van der Waals surface area contributed by atoms with Gasteiger partial charge in [-0.25, -0.2) is 8.78 Å². The molecular weight excluding hydrogens is 280 g/mol. The fourth-order valence-electron chi connectivity index (χ4n) is 1.75. The predicted molar refractivity (Wildman–Crippen MR) is 70.7 cm³/mol. The number of nitrogens with zero attached hydrogens (tertiary/aromatic N) is 1. The quantitative estimate of drug-likeness (QED) is 0.739. The van der Waals surface area contributed by atoms with E-state index in [1.807, 2.05) is 6.07 Å². The monoisotopic (exact) mass is 295 g/mol. The molecule has 7 heteroatoms. The Hall–Kier alpha value is -2.49. The molecular formula is C14H15F2N3O2. The molecule has 0 aliphatic carbocycles. The Kier molecular flexibility index (Phi) is 6.27. The van der Waals surface area contributed by atoms with Gasteiger partial charge in [0.25, 0.3) is 0 Å². The average Bonchev–Trinajstić information content (AvgIpc) is 2.42. The third kappa shape index (κ3) is 5.57. The molecule has 3 N–H and O–H groups in total. The highest BCUT2D eigenvalue weighted by Crippen LogP contribution is 2.09. The molecule has 1 rings (SSSR count). The summed E-state index contributed by atoms with van der Waals surface area (Å²) in [5.74, 6) is -3.26. The summed E-state index contributed by atoms with van der Waals surface area (Å²) in [6, 6.07) is 4.18. The zero-order valence-corrected chi connectivity index (χ0v) is 11.2. The van der Waals surface area contributed by atoms with Gasteiger partial charge < -0.3 is 11.1 Å². The number of hydrogen-bond donors (Lipinski definition) is 2. The SMILES string of the molecule is N#CCCC[C@H](NC(=O)Cc1ccc(F)c(F)c1)C(N)=O. The van der Waals surface area contributed by atoms with E-state index >= 15 is 0 Å². The second-order valence-corrected chi connectivity index (χ2v) is 4.50. The number of nitrogens with one attached hydrogen (secondary N) is 1. The number of nitrogens with two attached hydrogens (primary N) is 1. The molecule has 1 aromatic carbocycles. The van der Waals surface area contributed by atoms with E-state index in [4.69, 9.17) is 11.0 Å². The summed E-state index contributed by atoms with van der Waals surface area (Å²) in [4.78, 5) is 23.0. The van der Waals surface area contributed by atoms with E-state index in [2.05, 4.69) is 5.32 Å². The summed E-state index contributed by atoms with van der Waals surface area (Å²) < 4.78 is 25.8. The van der Waals surface area contributed by atoms with Crippen LogP contribution in [0.2, 0.25) is 0 Å². The summed E-state index contributed by atoms with van der Waals surface area (Å²) in [5.41, 5.74) is 5.44. The van der Waals surface area contributed by atoms with Gasteiger partial charge in [0.2, 0.25) is 11.8 Å². The van der Waals surface area contributed by atoms with Crippen LogP contribution < -0.4 is 11.1 Å². The molecule has 0 heterocycles. The van der Waals surface area contributed by atoms with Crippen molar-refractivity contribution in [1.29, 1.82) is 5.26 Å². The Bertz CT molecular complexity index is 570. The first-order valence-electron chi connectivity index (χ1n) is 6.33. The second kappa shape index (κ2) is 7.94. The van der Waals surface area contributed by atoms with E-state index < -0.39 is 29.5 Å². The molecule has 0 fully saturated rings. The van der Waals surface area contributed by atoms with Crippen molar-refractivity contribution < 1.29 is 18.4 Å². The predicted octanol–water partition coefficient (Wildman–Crippen LogP) is 1.17. The molecule has 0 spiro atoms. The van der Waals surface area contributed by atoms with Gasteiger partial charge in [-0.15, -0.1) is 0 Å². The number of nitriles is 1. The first-order valence-corrected chi connectivity index (χ1v) is 6.33. The molecule has 21 heavy (non-hydrogen) atoms. The van der Waals surface area contributed by atoms with Gasteiger partial charge in [-0.2, -0.15) is 5.26 Å². The van der Waals surface area contributed by atoms with Crippen molar-refractivity contribution in [3.63, 3.8) is 0 Å². The van der Waals surface area contributed by atoms with Gasteiger partial charge in [0.15, 0.2) is 11.6 Å². The fraction of sp³-hybridized carbons (Fsp3) is 0.357. The van der Waals surface area contributed by atoms with Crippen LogP contribution in [0.15, 0.2) is 18.2 Å². The number of amides is 2. The highest BCUT2D eigenvalue weighted by atomic mass is 19.2.